The Kier molecular flexibility index (Phi) is 6.06. The maximum atomic E-state index is 13.5. The number of hydrogen-bond acceptors (Lipinski definition) is 7. The number of morpholine rings is 1. The maximum absolute atomic E-state index is 13.5. The van der Waals surface area contributed by atoms with Crippen LogP contribution in [0.4, 0.5) is 11.4 Å². The molecule has 0 aliphatic carbocycles. The van der Waals surface area contributed by atoms with Crippen LogP contribution in [0.5, 0.6) is 5.75 Å². The van der Waals surface area contributed by atoms with Gasteiger partial charge in [-0.2, -0.15) is 9.78 Å². The molecule has 3 aromatic carbocycles. The average molecular weight is 513 g/mol. The van der Waals surface area contributed by atoms with Crippen LogP contribution in [-0.2, 0) is 4.74 Å². The van der Waals surface area contributed by atoms with E-state index in [1.165, 1.54) is 18.2 Å². The highest BCUT2D eigenvalue weighted by Gasteiger charge is 2.23. The van der Waals surface area contributed by atoms with E-state index in [1.54, 1.807) is 36.4 Å². The molecule has 0 bridgehead atoms. The monoisotopic (exact) mass is 512 g/mol. The largest absolute Gasteiger partial charge is 0.505 e. The van der Waals surface area contributed by atoms with Gasteiger partial charge in [0.2, 0.25) is 0 Å². The minimum absolute atomic E-state index is 0.0106. The molecular weight excluding hydrogens is 495 g/mol. The van der Waals surface area contributed by atoms with Gasteiger partial charge >= 0.3 is 0 Å². The molecule has 35 heavy (non-hydrogen) atoms. The van der Waals surface area contributed by atoms with Crippen LogP contribution in [0.2, 0.25) is 10.0 Å². The van der Waals surface area contributed by atoms with E-state index in [2.05, 4.69) is 5.10 Å². The first kappa shape index (κ1) is 23.1. The van der Waals surface area contributed by atoms with Crippen LogP contribution in [0.15, 0.2) is 59.4 Å². The van der Waals surface area contributed by atoms with E-state index >= 15 is 0 Å². The van der Waals surface area contributed by atoms with Gasteiger partial charge in [-0.15, -0.1) is 0 Å². The number of phenols is 1. The average Bonchev–Trinajstić information content (AvgIpc) is 2.87. The zero-order valence-corrected chi connectivity index (χ0v) is 19.7. The molecule has 0 unspecified atom stereocenters. The first-order chi connectivity index (χ1) is 16.8. The molecule has 0 amide bonds. The summed E-state index contributed by atoms with van der Waals surface area (Å²) in [5, 5.41) is 27.3. The molecule has 1 aliphatic heterocycles. The minimum atomic E-state index is -0.546. The maximum Gasteiger partial charge on any atom is 0.295 e. The van der Waals surface area contributed by atoms with E-state index in [4.69, 9.17) is 27.9 Å². The van der Waals surface area contributed by atoms with Crippen LogP contribution in [0.25, 0.3) is 27.7 Å². The number of benzene rings is 3. The highest BCUT2D eigenvalue weighted by atomic mass is 35.5. The Morgan fingerprint density at radius 1 is 1.00 bits per heavy atom. The SMILES string of the molecule is O=c1c2ccccc2c(-c2cc(Cl)c(O)c(Cl)c2)nn1-c1cc(N2CCOCC2)ccc1[N+](=O)[O-]. The highest BCUT2D eigenvalue weighted by Crippen LogP contribution is 2.38. The fourth-order valence-corrected chi connectivity index (χ4v) is 4.61. The Labute approximate surface area is 208 Å². The third-order valence-electron chi connectivity index (χ3n) is 5.86. The number of nitrogens with zero attached hydrogens (tertiary/aromatic N) is 4. The van der Waals surface area contributed by atoms with Crippen molar-refractivity contribution in [1.82, 2.24) is 9.78 Å². The summed E-state index contributed by atoms with van der Waals surface area (Å²) >= 11 is 12.3. The van der Waals surface area contributed by atoms with Crippen molar-refractivity contribution in [2.24, 2.45) is 0 Å². The lowest BCUT2D eigenvalue weighted by molar-refractivity contribution is -0.384. The zero-order chi connectivity index (χ0) is 24.7. The van der Waals surface area contributed by atoms with Gasteiger partial charge < -0.3 is 14.7 Å². The van der Waals surface area contributed by atoms with Gasteiger partial charge in [0.25, 0.3) is 11.2 Å². The topological polar surface area (TPSA) is 111 Å². The lowest BCUT2D eigenvalue weighted by Crippen LogP contribution is -2.36. The molecule has 2 heterocycles. The molecule has 0 spiro atoms. The quantitative estimate of drug-likeness (QED) is 0.308. The van der Waals surface area contributed by atoms with Crippen molar-refractivity contribution >= 4 is 45.3 Å². The van der Waals surface area contributed by atoms with Crippen molar-refractivity contribution in [3.63, 3.8) is 0 Å². The molecule has 1 fully saturated rings. The number of anilines is 1. The molecule has 0 atom stereocenters. The second-order valence-electron chi connectivity index (χ2n) is 7.93. The van der Waals surface area contributed by atoms with Crippen molar-refractivity contribution in [1.29, 1.82) is 0 Å². The Morgan fingerprint density at radius 2 is 1.66 bits per heavy atom. The Bertz CT molecular complexity index is 1510. The first-order valence-corrected chi connectivity index (χ1v) is 11.4. The standard InChI is InChI=1S/C24H18Cl2N4O5/c25-18-11-14(12-19(26)23(18)31)22-16-3-1-2-4-17(16)24(32)29(27-22)21-13-15(5-6-20(21)30(33)34)28-7-9-35-10-8-28/h1-6,11-13,31H,7-10H2. The molecule has 1 N–H and O–H groups in total. The highest BCUT2D eigenvalue weighted by molar-refractivity contribution is 6.37. The van der Waals surface area contributed by atoms with Gasteiger partial charge in [0.05, 0.1) is 39.3 Å². The number of halogens is 2. The summed E-state index contributed by atoms with van der Waals surface area (Å²) in [4.78, 5) is 26.9. The molecule has 1 aliphatic rings. The van der Waals surface area contributed by atoms with Crippen LogP contribution in [0, 0.1) is 10.1 Å². The van der Waals surface area contributed by atoms with E-state index in [0.29, 0.717) is 54.0 Å². The number of rotatable bonds is 4. The van der Waals surface area contributed by atoms with Gasteiger partial charge in [-0.3, -0.25) is 14.9 Å². The minimum Gasteiger partial charge on any atom is -0.505 e. The molecule has 5 rings (SSSR count). The molecule has 11 heteroatoms. The van der Waals surface area contributed by atoms with E-state index in [9.17, 15) is 20.0 Å². The predicted molar refractivity (Wildman–Crippen MR) is 134 cm³/mol. The molecule has 1 aromatic heterocycles. The van der Waals surface area contributed by atoms with Gasteiger partial charge in [-0.1, -0.05) is 41.4 Å². The second-order valence-corrected chi connectivity index (χ2v) is 8.74. The van der Waals surface area contributed by atoms with E-state index in [0.717, 1.165) is 4.68 Å². The third kappa shape index (κ3) is 4.18. The van der Waals surface area contributed by atoms with Crippen molar-refractivity contribution < 1.29 is 14.8 Å². The predicted octanol–water partition coefficient (Wildman–Crippen LogP) is 4.81. The van der Waals surface area contributed by atoms with E-state index in [-0.39, 0.29) is 27.2 Å². The molecule has 0 radical (unpaired) electrons. The lowest BCUT2D eigenvalue weighted by Gasteiger charge is -2.29. The number of phenolic OH excluding ortho intramolecular Hbond substituents is 1. The smallest absolute Gasteiger partial charge is 0.295 e. The molecule has 9 nitrogen and oxygen atoms in total. The van der Waals surface area contributed by atoms with Gasteiger partial charge in [-0.25, -0.2) is 0 Å². The fraction of sp³-hybridized carbons (Fsp3) is 0.167. The Balaban J connectivity index is 1.80. The van der Waals surface area contributed by atoms with Crippen molar-refractivity contribution in [2.45, 2.75) is 0 Å². The molecule has 178 valence electrons. The number of aromatic nitrogens is 2. The Morgan fingerprint density at radius 3 is 2.31 bits per heavy atom. The fourth-order valence-electron chi connectivity index (χ4n) is 4.12. The number of nitro groups is 1. The summed E-state index contributed by atoms with van der Waals surface area (Å²) < 4.78 is 6.44. The van der Waals surface area contributed by atoms with Gasteiger partial charge in [0, 0.05) is 35.8 Å². The lowest BCUT2D eigenvalue weighted by atomic mass is 10.0. The van der Waals surface area contributed by atoms with Gasteiger partial charge in [-0.05, 0) is 30.3 Å². The molecule has 1 saturated heterocycles. The Hall–Kier alpha value is -3.66. The summed E-state index contributed by atoms with van der Waals surface area (Å²) in [6.45, 7) is 2.31. The number of aromatic hydroxyl groups is 1. The van der Waals surface area contributed by atoms with Gasteiger partial charge in [0.15, 0.2) is 5.75 Å². The molecule has 4 aromatic rings. The summed E-state index contributed by atoms with van der Waals surface area (Å²) in [6, 6.07) is 14.4. The second kappa shape index (κ2) is 9.18. The zero-order valence-electron chi connectivity index (χ0n) is 18.1. The summed E-state index contributed by atoms with van der Waals surface area (Å²) in [6.07, 6.45) is 0. The molecular formula is C24H18Cl2N4O5. The number of ether oxygens (including phenoxy) is 1. The third-order valence-corrected chi connectivity index (χ3v) is 6.43. The van der Waals surface area contributed by atoms with E-state index < -0.39 is 10.5 Å². The number of nitro benzene ring substituents is 1. The van der Waals surface area contributed by atoms with Crippen molar-refractivity contribution in [2.75, 3.05) is 31.2 Å². The van der Waals surface area contributed by atoms with Crippen molar-refractivity contribution in [3.05, 3.63) is 85.1 Å². The van der Waals surface area contributed by atoms with E-state index in [1.807, 2.05) is 4.90 Å². The van der Waals surface area contributed by atoms with Gasteiger partial charge in [0.1, 0.15) is 5.69 Å². The van der Waals surface area contributed by atoms with Crippen LogP contribution in [-0.4, -0.2) is 46.1 Å². The summed E-state index contributed by atoms with van der Waals surface area (Å²) in [5.74, 6) is -0.274. The van der Waals surface area contributed by atoms with Crippen molar-refractivity contribution in [3.8, 4) is 22.7 Å². The number of hydrogen-bond donors (Lipinski definition) is 1. The van der Waals surface area contributed by atoms with Crippen LogP contribution < -0.4 is 10.5 Å². The normalized spacial score (nSPS) is 13.8. The summed E-state index contributed by atoms with van der Waals surface area (Å²) in [5.41, 5.74) is 0.743. The van der Waals surface area contributed by atoms with Crippen LogP contribution in [0.3, 0.4) is 0 Å². The number of fused-ring (bicyclic) bond motifs is 1. The first-order valence-electron chi connectivity index (χ1n) is 10.7. The summed E-state index contributed by atoms with van der Waals surface area (Å²) in [7, 11) is 0. The molecule has 0 saturated carbocycles. The van der Waals surface area contributed by atoms with Crippen LogP contribution in [0.1, 0.15) is 0 Å². The van der Waals surface area contributed by atoms with Crippen LogP contribution >= 0.6 is 23.2 Å².